The van der Waals surface area contributed by atoms with E-state index in [4.69, 9.17) is 14.2 Å². The largest absolute Gasteiger partial charge is 0.462 e. The molecule has 0 fully saturated rings. The number of unbranched alkanes of at least 4 members (excludes halogenated alkanes) is 23. The molecule has 0 saturated heterocycles. The van der Waals surface area contributed by atoms with Crippen LogP contribution < -0.4 is 0 Å². The molecule has 0 spiro atoms. The standard InChI is InChI=1S/C50H88O6/c1-4-7-10-13-16-18-20-22-24-25-26-28-29-31-34-37-40-43-49(52)55-46-47(45-54-48(51)42-39-36-33-15-12-9-6-3)56-50(53)44-41-38-35-32-30-27-23-21-19-17-14-11-8-5-2/h7,10,16,18,22,24,26,28,47H,4-6,8-9,11-15,17,19-21,23,25,27,29-46H2,1-3H3/b10-7-,18-16-,24-22-,28-26-. The van der Waals surface area contributed by atoms with E-state index in [9.17, 15) is 14.4 Å². The van der Waals surface area contributed by atoms with Crippen LogP contribution in [0.2, 0.25) is 0 Å². The maximum atomic E-state index is 12.7. The molecule has 0 aliphatic carbocycles. The van der Waals surface area contributed by atoms with Gasteiger partial charge in [0.1, 0.15) is 13.2 Å². The molecule has 0 rings (SSSR count). The highest BCUT2D eigenvalue weighted by atomic mass is 16.6. The van der Waals surface area contributed by atoms with Gasteiger partial charge in [0, 0.05) is 19.3 Å². The molecule has 0 radical (unpaired) electrons. The molecule has 0 amide bonds. The van der Waals surface area contributed by atoms with Crippen LogP contribution in [0.5, 0.6) is 0 Å². The molecule has 0 aliphatic heterocycles. The molecule has 1 unspecified atom stereocenters. The monoisotopic (exact) mass is 785 g/mol. The molecule has 324 valence electrons. The third-order valence-electron chi connectivity index (χ3n) is 10.1. The summed E-state index contributed by atoms with van der Waals surface area (Å²) in [4.78, 5) is 37.7. The van der Waals surface area contributed by atoms with Gasteiger partial charge in [0.25, 0.3) is 0 Å². The molecule has 0 N–H and O–H groups in total. The summed E-state index contributed by atoms with van der Waals surface area (Å²) in [6.07, 6.45) is 52.4. The van der Waals surface area contributed by atoms with Gasteiger partial charge in [-0.1, -0.05) is 204 Å². The lowest BCUT2D eigenvalue weighted by Crippen LogP contribution is -2.30. The summed E-state index contributed by atoms with van der Waals surface area (Å²) in [5.41, 5.74) is 0. The molecule has 6 heteroatoms. The van der Waals surface area contributed by atoms with Crippen molar-refractivity contribution in [1.29, 1.82) is 0 Å². The van der Waals surface area contributed by atoms with Crippen LogP contribution in [0.15, 0.2) is 48.6 Å². The molecule has 0 aromatic rings. The van der Waals surface area contributed by atoms with Crippen molar-refractivity contribution in [3.8, 4) is 0 Å². The van der Waals surface area contributed by atoms with Gasteiger partial charge in [-0.3, -0.25) is 14.4 Å². The first-order valence-corrected chi connectivity index (χ1v) is 23.6. The fourth-order valence-corrected chi connectivity index (χ4v) is 6.55. The molecule has 0 heterocycles. The molecule has 56 heavy (non-hydrogen) atoms. The maximum Gasteiger partial charge on any atom is 0.306 e. The van der Waals surface area contributed by atoms with E-state index in [0.717, 1.165) is 96.3 Å². The van der Waals surface area contributed by atoms with Crippen molar-refractivity contribution in [2.45, 2.75) is 239 Å². The van der Waals surface area contributed by atoms with E-state index in [1.54, 1.807) is 0 Å². The van der Waals surface area contributed by atoms with Gasteiger partial charge in [-0.25, -0.2) is 0 Å². The highest BCUT2D eigenvalue weighted by Gasteiger charge is 2.19. The van der Waals surface area contributed by atoms with Crippen molar-refractivity contribution in [2.24, 2.45) is 0 Å². The lowest BCUT2D eigenvalue weighted by Gasteiger charge is -2.18. The van der Waals surface area contributed by atoms with Crippen LogP contribution in [-0.4, -0.2) is 37.2 Å². The first-order chi connectivity index (χ1) is 27.5. The minimum Gasteiger partial charge on any atom is -0.462 e. The zero-order valence-corrected chi connectivity index (χ0v) is 36.9. The fraction of sp³-hybridized carbons (Fsp3) is 0.780. The first-order valence-electron chi connectivity index (χ1n) is 23.6. The number of hydrogen-bond acceptors (Lipinski definition) is 6. The third-order valence-corrected chi connectivity index (χ3v) is 10.1. The van der Waals surface area contributed by atoms with Crippen molar-refractivity contribution in [1.82, 2.24) is 0 Å². The van der Waals surface area contributed by atoms with Gasteiger partial charge in [-0.05, 0) is 57.8 Å². The number of carbonyl (C=O) groups is 3. The average molecular weight is 785 g/mol. The Kier molecular flexibility index (Phi) is 43.0. The number of allylic oxidation sites excluding steroid dienone is 8. The van der Waals surface area contributed by atoms with Crippen LogP contribution in [-0.2, 0) is 28.6 Å². The van der Waals surface area contributed by atoms with Gasteiger partial charge < -0.3 is 14.2 Å². The topological polar surface area (TPSA) is 78.9 Å². The Morgan fingerprint density at radius 1 is 0.375 bits per heavy atom. The maximum absolute atomic E-state index is 12.7. The quantitative estimate of drug-likeness (QED) is 0.0265. The van der Waals surface area contributed by atoms with E-state index in [2.05, 4.69) is 69.4 Å². The second-order valence-electron chi connectivity index (χ2n) is 15.6. The third kappa shape index (κ3) is 42.5. The molecular weight excluding hydrogens is 697 g/mol. The zero-order chi connectivity index (χ0) is 40.8. The summed E-state index contributed by atoms with van der Waals surface area (Å²) in [7, 11) is 0. The SMILES string of the molecule is CC/C=C\C/C=C\C/C=C\C/C=C\CCCCCCC(=O)OCC(COC(=O)CCCCCCCCC)OC(=O)CCCCCCCCCCCCCCCC. The summed E-state index contributed by atoms with van der Waals surface area (Å²) in [5, 5.41) is 0. The molecule has 1 atom stereocenters. The lowest BCUT2D eigenvalue weighted by atomic mass is 10.0. The predicted molar refractivity (Wildman–Crippen MR) is 238 cm³/mol. The Morgan fingerprint density at radius 3 is 1.09 bits per heavy atom. The van der Waals surface area contributed by atoms with Gasteiger partial charge in [0.05, 0.1) is 0 Å². The summed E-state index contributed by atoms with van der Waals surface area (Å²) in [5.74, 6) is -0.907. The van der Waals surface area contributed by atoms with Gasteiger partial charge in [0.2, 0.25) is 0 Å². The van der Waals surface area contributed by atoms with Crippen molar-refractivity contribution < 1.29 is 28.6 Å². The molecule has 0 aromatic heterocycles. The van der Waals surface area contributed by atoms with Crippen LogP contribution in [0.3, 0.4) is 0 Å². The molecule has 0 saturated carbocycles. The molecule has 0 aliphatic rings. The normalized spacial score (nSPS) is 12.4. The Hall–Kier alpha value is -2.63. The van der Waals surface area contributed by atoms with Crippen LogP contribution in [0.4, 0.5) is 0 Å². The average Bonchev–Trinajstić information content (AvgIpc) is 3.19. The minimum absolute atomic E-state index is 0.0790. The molecule has 6 nitrogen and oxygen atoms in total. The van der Waals surface area contributed by atoms with Crippen LogP contribution in [0, 0.1) is 0 Å². The Morgan fingerprint density at radius 2 is 0.696 bits per heavy atom. The highest BCUT2D eigenvalue weighted by Crippen LogP contribution is 2.15. The minimum atomic E-state index is -0.776. The molecule has 0 aromatic carbocycles. The highest BCUT2D eigenvalue weighted by molar-refractivity contribution is 5.71. The van der Waals surface area contributed by atoms with Crippen LogP contribution in [0.1, 0.15) is 233 Å². The number of rotatable bonds is 42. The van der Waals surface area contributed by atoms with Gasteiger partial charge >= 0.3 is 17.9 Å². The van der Waals surface area contributed by atoms with Gasteiger partial charge in [-0.15, -0.1) is 0 Å². The van der Waals surface area contributed by atoms with E-state index in [1.807, 2.05) is 0 Å². The second-order valence-corrected chi connectivity index (χ2v) is 15.6. The van der Waals surface area contributed by atoms with Crippen molar-refractivity contribution in [2.75, 3.05) is 13.2 Å². The van der Waals surface area contributed by atoms with Gasteiger partial charge in [-0.2, -0.15) is 0 Å². The Bertz CT molecular complexity index is 996. The van der Waals surface area contributed by atoms with Crippen molar-refractivity contribution in [3.05, 3.63) is 48.6 Å². The van der Waals surface area contributed by atoms with Crippen molar-refractivity contribution >= 4 is 17.9 Å². The van der Waals surface area contributed by atoms with Crippen LogP contribution in [0.25, 0.3) is 0 Å². The summed E-state index contributed by atoms with van der Waals surface area (Å²) in [6.45, 7) is 6.46. The number of hydrogen-bond donors (Lipinski definition) is 0. The summed E-state index contributed by atoms with van der Waals surface area (Å²) >= 11 is 0. The number of carbonyl (C=O) groups excluding carboxylic acids is 3. The van der Waals surface area contributed by atoms with E-state index < -0.39 is 6.10 Å². The van der Waals surface area contributed by atoms with Crippen molar-refractivity contribution in [3.63, 3.8) is 0 Å². The van der Waals surface area contributed by atoms with E-state index in [-0.39, 0.29) is 31.1 Å². The van der Waals surface area contributed by atoms with E-state index in [1.165, 1.54) is 96.3 Å². The smallest absolute Gasteiger partial charge is 0.306 e. The molecule has 0 bridgehead atoms. The van der Waals surface area contributed by atoms with Crippen LogP contribution >= 0.6 is 0 Å². The number of ether oxygens (including phenoxy) is 3. The van der Waals surface area contributed by atoms with E-state index >= 15 is 0 Å². The second kappa shape index (κ2) is 45.1. The predicted octanol–water partition coefficient (Wildman–Crippen LogP) is 15.1. The zero-order valence-electron chi connectivity index (χ0n) is 36.9. The van der Waals surface area contributed by atoms with Gasteiger partial charge in [0.15, 0.2) is 6.10 Å². The Labute approximate surface area is 346 Å². The molecular formula is C50H88O6. The van der Waals surface area contributed by atoms with E-state index in [0.29, 0.717) is 19.3 Å². The first kappa shape index (κ1) is 53.4. The fourth-order valence-electron chi connectivity index (χ4n) is 6.55. The Balaban J connectivity index is 4.32. The number of esters is 3. The summed E-state index contributed by atoms with van der Waals surface area (Å²) in [6, 6.07) is 0. The summed E-state index contributed by atoms with van der Waals surface area (Å²) < 4.78 is 16.7. The lowest BCUT2D eigenvalue weighted by molar-refractivity contribution is -0.167.